The second-order valence-electron chi connectivity index (χ2n) is 5.19. The molecule has 138 valence electrons. The van der Waals surface area contributed by atoms with Crippen LogP contribution in [0.15, 0.2) is 23.0 Å². The Hall–Kier alpha value is -3.50. The molecule has 0 fully saturated rings. The van der Waals surface area contributed by atoms with E-state index in [2.05, 4.69) is 4.74 Å². The van der Waals surface area contributed by atoms with Gasteiger partial charge < -0.3 is 25.7 Å². The molecular formula is C15H11F3N2O6. The largest absolute Gasteiger partial charge is 0.573 e. The lowest BCUT2D eigenvalue weighted by Crippen LogP contribution is -2.24. The van der Waals surface area contributed by atoms with Crippen LogP contribution in [0.25, 0.3) is 11.1 Å². The van der Waals surface area contributed by atoms with Gasteiger partial charge in [-0.25, -0.2) is 9.59 Å². The summed E-state index contributed by atoms with van der Waals surface area (Å²) >= 11 is 0. The molecule has 5 N–H and O–H groups in total. The minimum atomic E-state index is -5.02. The molecule has 0 aliphatic heterocycles. The third-order valence-corrected chi connectivity index (χ3v) is 3.25. The number of alkyl halides is 3. The van der Waals surface area contributed by atoms with Crippen molar-refractivity contribution in [2.24, 2.45) is 0 Å². The van der Waals surface area contributed by atoms with Gasteiger partial charge in [0.15, 0.2) is 0 Å². The van der Waals surface area contributed by atoms with E-state index >= 15 is 0 Å². The molecule has 0 aliphatic rings. The number of hydrogen-bond donors (Lipinski definition) is 4. The number of carboxylic acid groups (broad SMARTS) is 2. The molecule has 2 rings (SSSR count). The fourth-order valence-electron chi connectivity index (χ4n) is 2.42. The smallest absolute Gasteiger partial charge is 0.478 e. The molecule has 1 aromatic carbocycles. The van der Waals surface area contributed by atoms with E-state index in [4.69, 9.17) is 5.73 Å². The molecule has 1 aromatic heterocycles. The van der Waals surface area contributed by atoms with Gasteiger partial charge in [0, 0.05) is 5.56 Å². The first-order chi connectivity index (χ1) is 11.9. The van der Waals surface area contributed by atoms with Crippen LogP contribution < -0.4 is 16.0 Å². The summed E-state index contributed by atoms with van der Waals surface area (Å²) in [7, 11) is 0. The van der Waals surface area contributed by atoms with Crippen molar-refractivity contribution in [2.45, 2.75) is 13.3 Å². The fraction of sp³-hybridized carbons (Fsp3) is 0.133. The molecule has 0 atom stereocenters. The highest BCUT2D eigenvalue weighted by Gasteiger charge is 2.32. The first kappa shape index (κ1) is 18.8. The average molecular weight is 372 g/mol. The Bertz CT molecular complexity index is 965. The molecule has 0 amide bonds. The van der Waals surface area contributed by atoms with Crippen LogP contribution in [0.4, 0.5) is 19.0 Å². The molecule has 0 bridgehead atoms. The normalized spacial score (nSPS) is 11.2. The number of pyridine rings is 1. The van der Waals surface area contributed by atoms with Crippen LogP contribution in [-0.4, -0.2) is 33.5 Å². The number of anilines is 1. The molecular weight excluding hydrogens is 361 g/mol. The van der Waals surface area contributed by atoms with Crippen molar-refractivity contribution in [3.05, 3.63) is 45.2 Å². The Morgan fingerprint density at radius 1 is 1.12 bits per heavy atom. The third kappa shape index (κ3) is 3.77. The van der Waals surface area contributed by atoms with E-state index in [1.165, 1.54) is 13.0 Å². The molecule has 0 aliphatic carbocycles. The molecule has 2 aromatic rings. The average Bonchev–Trinajstić information content (AvgIpc) is 2.42. The zero-order valence-corrected chi connectivity index (χ0v) is 13.0. The van der Waals surface area contributed by atoms with Crippen molar-refractivity contribution in [3.8, 4) is 16.9 Å². The number of hydrogen-bond acceptors (Lipinski definition) is 5. The number of aryl methyl sites for hydroxylation is 1. The number of carboxylic acids is 2. The number of aromatic carboxylic acids is 2. The predicted octanol–water partition coefficient (Wildman–Crippen LogP) is 2.23. The zero-order chi connectivity index (χ0) is 19.8. The van der Waals surface area contributed by atoms with Crippen LogP contribution in [0.1, 0.15) is 26.3 Å². The molecule has 1 heterocycles. The number of aromatic nitrogens is 1. The molecule has 11 heteroatoms. The number of rotatable bonds is 4. The Morgan fingerprint density at radius 2 is 1.69 bits per heavy atom. The number of nitrogens with one attached hydrogen (secondary N) is 1. The lowest BCUT2D eigenvalue weighted by molar-refractivity contribution is -0.274. The quantitative estimate of drug-likeness (QED) is 0.644. The number of carbonyl (C=O) groups is 2. The van der Waals surface area contributed by atoms with Crippen molar-refractivity contribution in [2.75, 3.05) is 5.73 Å². The summed E-state index contributed by atoms with van der Waals surface area (Å²) in [5.41, 5.74) is 1.83. The minimum Gasteiger partial charge on any atom is -0.478 e. The van der Waals surface area contributed by atoms with E-state index in [1.807, 2.05) is 4.98 Å². The Balaban J connectivity index is 2.89. The van der Waals surface area contributed by atoms with Crippen molar-refractivity contribution in [1.29, 1.82) is 0 Å². The number of aromatic amines is 1. The van der Waals surface area contributed by atoms with Gasteiger partial charge in [-0.1, -0.05) is 6.07 Å². The topological polar surface area (TPSA) is 143 Å². The van der Waals surface area contributed by atoms with Crippen LogP contribution in [0.2, 0.25) is 0 Å². The molecule has 0 spiro atoms. The lowest BCUT2D eigenvalue weighted by Gasteiger charge is -2.15. The summed E-state index contributed by atoms with van der Waals surface area (Å²) in [5, 5.41) is 18.6. The molecule has 0 saturated carbocycles. The van der Waals surface area contributed by atoms with Crippen molar-refractivity contribution < 1.29 is 37.7 Å². The molecule has 0 radical (unpaired) electrons. The highest BCUT2D eigenvalue weighted by Crippen LogP contribution is 2.34. The lowest BCUT2D eigenvalue weighted by atomic mass is 9.94. The molecule has 0 unspecified atom stereocenters. The summed E-state index contributed by atoms with van der Waals surface area (Å²) in [6.45, 7) is 1.38. The van der Waals surface area contributed by atoms with Crippen LogP contribution >= 0.6 is 0 Å². The van der Waals surface area contributed by atoms with Crippen molar-refractivity contribution in [3.63, 3.8) is 0 Å². The summed E-state index contributed by atoms with van der Waals surface area (Å²) in [5.74, 6) is -4.79. The number of H-pyrrole nitrogens is 1. The third-order valence-electron chi connectivity index (χ3n) is 3.25. The number of nitrogens with two attached hydrogens (primary N) is 1. The van der Waals surface area contributed by atoms with Gasteiger partial charge >= 0.3 is 18.3 Å². The number of nitrogen functional groups attached to an aromatic ring is 1. The molecule has 8 nitrogen and oxygen atoms in total. The van der Waals surface area contributed by atoms with E-state index in [0.717, 1.165) is 12.1 Å². The maximum atomic E-state index is 12.5. The summed E-state index contributed by atoms with van der Waals surface area (Å²) in [6, 6.07) is 2.98. The molecule has 0 saturated heterocycles. The minimum absolute atomic E-state index is 0.202. The van der Waals surface area contributed by atoms with Gasteiger partial charge in [0.05, 0.1) is 0 Å². The van der Waals surface area contributed by atoms with E-state index < -0.39 is 52.1 Å². The number of benzene rings is 1. The Kier molecular flexibility index (Phi) is 4.65. The van der Waals surface area contributed by atoms with Crippen LogP contribution in [0.5, 0.6) is 5.75 Å². The maximum absolute atomic E-state index is 12.5. The zero-order valence-electron chi connectivity index (χ0n) is 13.0. The maximum Gasteiger partial charge on any atom is 0.573 e. The Morgan fingerprint density at radius 3 is 2.19 bits per heavy atom. The monoisotopic (exact) mass is 372 g/mol. The summed E-state index contributed by atoms with van der Waals surface area (Å²) in [6.07, 6.45) is -5.02. The van der Waals surface area contributed by atoms with Crippen LogP contribution in [0, 0.1) is 6.92 Å². The van der Waals surface area contributed by atoms with Crippen LogP contribution in [-0.2, 0) is 0 Å². The van der Waals surface area contributed by atoms with Gasteiger partial charge in [-0.05, 0) is 30.2 Å². The molecule has 26 heavy (non-hydrogen) atoms. The van der Waals surface area contributed by atoms with Gasteiger partial charge in [0.25, 0.3) is 5.56 Å². The number of ether oxygens (including phenoxy) is 1. The van der Waals surface area contributed by atoms with E-state index in [1.54, 1.807) is 0 Å². The summed E-state index contributed by atoms with van der Waals surface area (Å²) in [4.78, 5) is 36.8. The van der Waals surface area contributed by atoms with Gasteiger partial charge in [0.2, 0.25) is 0 Å². The van der Waals surface area contributed by atoms with E-state index in [9.17, 15) is 37.8 Å². The highest BCUT2D eigenvalue weighted by atomic mass is 19.4. The first-order valence-electron chi connectivity index (χ1n) is 6.81. The van der Waals surface area contributed by atoms with Crippen molar-refractivity contribution >= 4 is 17.8 Å². The second-order valence-corrected chi connectivity index (χ2v) is 5.19. The van der Waals surface area contributed by atoms with Gasteiger partial charge in [-0.2, -0.15) is 0 Å². The Labute approximate surface area is 142 Å². The van der Waals surface area contributed by atoms with Gasteiger partial charge in [-0.15, -0.1) is 13.2 Å². The predicted molar refractivity (Wildman–Crippen MR) is 82.2 cm³/mol. The fourth-order valence-corrected chi connectivity index (χ4v) is 2.42. The number of halogens is 3. The van der Waals surface area contributed by atoms with Crippen molar-refractivity contribution in [1.82, 2.24) is 4.98 Å². The van der Waals surface area contributed by atoms with E-state index in [0.29, 0.717) is 0 Å². The standard InChI is InChI=1S/C15H11F3N2O6/c1-5-2-6(4-7(3-5)26-15(16,17)18)8-9(13(22)23)11(19)20-12(21)10(8)14(24)25/h2-4H,1H3,(H,22,23)(H,24,25)(H3,19,20,21). The second kappa shape index (κ2) is 6.43. The van der Waals surface area contributed by atoms with Gasteiger partial charge in [0.1, 0.15) is 22.7 Å². The highest BCUT2D eigenvalue weighted by molar-refractivity contribution is 6.07. The first-order valence-corrected chi connectivity index (χ1v) is 6.81. The van der Waals surface area contributed by atoms with Crippen LogP contribution in [0.3, 0.4) is 0 Å². The SMILES string of the molecule is Cc1cc(OC(F)(F)F)cc(-c2c(C(=O)O)c(N)[nH]c(=O)c2C(=O)O)c1. The van der Waals surface area contributed by atoms with Gasteiger partial charge in [-0.3, -0.25) is 4.79 Å². The summed E-state index contributed by atoms with van der Waals surface area (Å²) < 4.78 is 41.2. The van der Waals surface area contributed by atoms with E-state index in [-0.39, 0.29) is 11.1 Å².